The topological polar surface area (TPSA) is 68.5 Å². The Balaban J connectivity index is 2.37. The second kappa shape index (κ2) is 8.10. The van der Waals surface area contributed by atoms with Gasteiger partial charge < -0.3 is 14.1 Å². The van der Waals surface area contributed by atoms with Gasteiger partial charge in [-0.1, -0.05) is 30.7 Å². The molecule has 1 aromatic rings. The van der Waals surface area contributed by atoms with E-state index in [1.807, 2.05) is 0 Å². The lowest BCUT2D eigenvalue weighted by Gasteiger charge is -2.16. The average Bonchev–Trinajstić information content (AvgIpc) is 2.84. The largest absolute Gasteiger partial charge is 0.459 e. The molecule has 0 spiro atoms. The molecule has 0 amide bonds. The predicted octanol–water partition coefficient (Wildman–Crippen LogP) is 1.68. The minimum Gasteiger partial charge on any atom is -0.459 e. The fourth-order valence-electron chi connectivity index (χ4n) is 1.35. The van der Waals surface area contributed by atoms with Crippen molar-refractivity contribution < 1.29 is 13.9 Å². The van der Waals surface area contributed by atoms with Crippen LogP contribution in [0.3, 0.4) is 0 Å². The predicted molar refractivity (Wildman–Crippen MR) is 68.8 cm³/mol. The third-order valence-electron chi connectivity index (χ3n) is 2.38. The van der Waals surface area contributed by atoms with Gasteiger partial charge in [0.15, 0.2) is 0 Å². The van der Waals surface area contributed by atoms with Gasteiger partial charge in [-0.15, -0.1) is 5.10 Å². The van der Waals surface area contributed by atoms with Crippen LogP contribution < -0.4 is 0 Å². The maximum absolute atomic E-state index is 11.3. The number of carbonyl (C=O) groups excluding carboxylic acids is 1. The van der Waals surface area contributed by atoms with Gasteiger partial charge in [0.25, 0.3) is 5.22 Å². The highest BCUT2D eigenvalue weighted by molar-refractivity contribution is 7.99. The molecule has 0 saturated carbocycles. The second-order valence-electron chi connectivity index (χ2n) is 3.47. The van der Waals surface area contributed by atoms with Crippen LogP contribution in [-0.4, -0.2) is 53.1 Å². The molecule has 1 rings (SSSR count). The molecule has 0 aliphatic carbocycles. The van der Waals surface area contributed by atoms with E-state index in [1.54, 1.807) is 6.92 Å². The molecule has 7 heteroatoms. The van der Waals surface area contributed by atoms with Crippen LogP contribution >= 0.6 is 11.8 Å². The second-order valence-corrected chi connectivity index (χ2v) is 4.52. The smallest absolute Gasteiger partial charge is 0.396 e. The van der Waals surface area contributed by atoms with E-state index in [-0.39, 0.29) is 5.89 Å². The number of thioether (sulfide) groups is 1. The standard InChI is InChI=1S/C11H19N3O3S/c1-4-14(5-2)7-8-18-11-13-12-9(17-11)10(15)16-6-3/h4-8H2,1-3H3. The van der Waals surface area contributed by atoms with E-state index in [1.165, 1.54) is 11.8 Å². The van der Waals surface area contributed by atoms with Crippen LogP contribution in [0.15, 0.2) is 9.64 Å². The molecule has 1 heterocycles. The number of rotatable bonds is 8. The molecule has 0 radical (unpaired) electrons. The lowest BCUT2D eigenvalue weighted by Crippen LogP contribution is -2.25. The van der Waals surface area contributed by atoms with Gasteiger partial charge in [0, 0.05) is 12.3 Å². The summed E-state index contributed by atoms with van der Waals surface area (Å²) in [6, 6.07) is 0. The Bertz CT molecular complexity index is 366. The Morgan fingerprint density at radius 3 is 2.67 bits per heavy atom. The van der Waals surface area contributed by atoms with Crippen LogP contribution in [0, 0.1) is 0 Å². The lowest BCUT2D eigenvalue weighted by atomic mass is 10.5. The Labute approximate surface area is 111 Å². The highest BCUT2D eigenvalue weighted by atomic mass is 32.2. The summed E-state index contributed by atoms with van der Waals surface area (Å²) >= 11 is 1.45. The van der Waals surface area contributed by atoms with Crippen molar-refractivity contribution in [1.29, 1.82) is 0 Å². The molecule has 0 bridgehead atoms. The van der Waals surface area contributed by atoms with Gasteiger partial charge in [0.05, 0.1) is 6.61 Å². The van der Waals surface area contributed by atoms with Crippen molar-refractivity contribution in [3.63, 3.8) is 0 Å². The van der Waals surface area contributed by atoms with E-state index < -0.39 is 5.97 Å². The molecule has 0 aliphatic heterocycles. The Kier molecular flexibility index (Phi) is 6.74. The van der Waals surface area contributed by atoms with Crippen molar-refractivity contribution in [1.82, 2.24) is 15.1 Å². The molecule has 0 unspecified atom stereocenters. The van der Waals surface area contributed by atoms with Crippen LogP contribution in [0.25, 0.3) is 0 Å². The van der Waals surface area contributed by atoms with Gasteiger partial charge in [-0.25, -0.2) is 4.79 Å². The van der Waals surface area contributed by atoms with E-state index in [0.717, 1.165) is 25.4 Å². The first-order chi connectivity index (χ1) is 8.71. The molecule has 1 aromatic heterocycles. The van der Waals surface area contributed by atoms with Crippen molar-refractivity contribution in [3.8, 4) is 0 Å². The molecule has 0 N–H and O–H groups in total. The summed E-state index contributed by atoms with van der Waals surface area (Å²) < 4.78 is 9.96. The van der Waals surface area contributed by atoms with Gasteiger partial charge >= 0.3 is 11.9 Å². The minimum absolute atomic E-state index is 0.0813. The molecule has 102 valence electrons. The van der Waals surface area contributed by atoms with E-state index >= 15 is 0 Å². The fourth-order valence-corrected chi connectivity index (χ4v) is 2.11. The third kappa shape index (κ3) is 4.66. The Morgan fingerprint density at radius 1 is 1.33 bits per heavy atom. The third-order valence-corrected chi connectivity index (χ3v) is 3.18. The number of aromatic nitrogens is 2. The van der Waals surface area contributed by atoms with Gasteiger partial charge in [0.1, 0.15) is 0 Å². The number of carbonyl (C=O) groups is 1. The zero-order chi connectivity index (χ0) is 13.4. The zero-order valence-electron chi connectivity index (χ0n) is 11.0. The average molecular weight is 273 g/mol. The molecule has 0 saturated heterocycles. The van der Waals surface area contributed by atoms with E-state index in [0.29, 0.717) is 11.8 Å². The molecule has 18 heavy (non-hydrogen) atoms. The van der Waals surface area contributed by atoms with Crippen molar-refractivity contribution in [2.24, 2.45) is 0 Å². The van der Waals surface area contributed by atoms with Crippen LogP contribution in [0.2, 0.25) is 0 Å². The molecule has 0 fully saturated rings. The number of hydrogen-bond acceptors (Lipinski definition) is 7. The molecular weight excluding hydrogens is 254 g/mol. The summed E-state index contributed by atoms with van der Waals surface area (Å²) in [4.78, 5) is 13.6. The van der Waals surface area contributed by atoms with Crippen molar-refractivity contribution in [2.45, 2.75) is 26.0 Å². The number of nitrogens with zero attached hydrogens (tertiary/aromatic N) is 3. The normalized spacial score (nSPS) is 10.9. The first-order valence-electron chi connectivity index (χ1n) is 6.07. The molecular formula is C11H19N3O3S. The van der Waals surface area contributed by atoms with Crippen LogP contribution in [-0.2, 0) is 4.74 Å². The Hall–Kier alpha value is -1.08. The highest BCUT2D eigenvalue weighted by Gasteiger charge is 2.15. The van der Waals surface area contributed by atoms with Crippen molar-refractivity contribution >= 4 is 17.7 Å². The fraction of sp³-hybridized carbons (Fsp3) is 0.727. The van der Waals surface area contributed by atoms with Crippen LogP contribution in [0.5, 0.6) is 0 Å². The molecule has 0 atom stereocenters. The van der Waals surface area contributed by atoms with E-state index in [9.17, 15) is 4.79 Å². The first-order valence-corrected chi connectivity index (χ1v) is 7.05. The SMILES string of the molecule is CCOC(=O)c1nnc(SCCN(CC)CC)o1. The highest BCUT2D eigenvalue weighted by Crippen LogP contribution is 2.16. The van der Waals surface area contributed by atoms with Gasteiger partial charge in [-0.3, -0.25) is 0 Å². The van der Waals surface area contributed by atoms with Crippen molar-refractivity contribution in [3.05, 3.63) is 5.89 Å². The molecule has 0 aromatic carbocycles. The number of esters is 1. The zero-order valence-corrected chi connectivity index (χ0v) is 11.8. The number of ether oxygens (including phenoxy) is 1. The van der Waals surface area contributed by atoms with Crippen LogP contribution in [0.1, 0.15) is 31.5 Å². The van der Waals surface area contributed by atoms with Gasteiger partial charge in [-0.05, 0) is 20.0 Å². The minimum atomic E-state index is -0.569. The summed E-state index contributed by atoms with van der Waals surface area (Å²) in [5.41, 5.74) is 0. The summed E-state index contributed by atoms with van der Waals surface area (Å²) in [6.45, 7) is 9.28. The lowest BCUT2D eigenvalue weighted by molar-refractivity contribution is 0.0475. The summed E-state index contributed by atoms with van der Waals surface area (Å²) in [5, 5.41) is 7.85. The van der Waals surface area contributed by atoms with Gasteiger partial charge in [-0.2, -0.15) is 0 Å². The number of hydrogen-bond donors (Lipinski definition) is 0. The summed E-state index contributed by atoms with van der Waals surface area (Å²) in [7, 11) is 0. The van der Waals surface area contributed by atoms with E-state index in [4.69, 9.17) is 9.15 Å². The Morgan fingerprint density at radius 2 is 2.06 bits per heavy atom. The maximum atomic E-state index is 11.3. The van der Waals surface area contributed by atoms with E-state index in [2.05, 4.69) is 28.9 Å². The van der Waals surface area contributed by atoms with Crippen molar-refractivity contribution in [2.75, 3.05) is 32.0 Å². The van der Waals surface area contributed by atoms with Gasteiger partial charge in [0.2, 0.25) is 0 Å². The molecule has 0 aliphatic rings. The summed E-state index contributed by atoms with van der Waals surface area (Å²) in [6.07, 6.45) is 0. The molecule has 6 nitrogen and oxygen atoms in total. The summed E-state index contributed by atoms with van der Waals surface area (Å²) in [5.74, 6) is 0.203. The maximum Gasteiger partial charge on any atom is 0.396 e. The monoisotopic (exact) mass is 273 g/mol. The first kappa shape index (κ1) is 15.0. The van der Waals surface area contributed by atoms with Crippen LogP contribution in [0.4, 0.5) is 0 Å². The quantitative estimate of drug-likeness (QED) is 0.527.